The first-order chi connectivity index (χ1) is 15.9. The monoisotopic (exact) mass is 440 g/mol. The van der Waals surface area contributed by atoms with Crippen molar-refractivity contribution in [3.8, 4) is 11.5 Å². The van der Waals surface area contributed by atoms with Gasteiger partial charge in [-0.15, -0.1) is 0 Å². The number of carbonyl (C=O) groups is 3. The van der Waals surface area contributed by atoms with Crippen LogP contribution in [0.2, 0.25) is 0 Å². The van der Waals surface area contributed by atoms with Gasteiger partial charge in [-0.2, -0.15) is 0 Å². The zero-order valence-electron chi connectivity index (χ0n) is 18.2. The summed E-state index contributed by atoms with van der Waals surface area (Å²) in [5.41, 5.74) is 2.41. The number of aromatic nitrogens is 1. The molecule has 3 aromatic rings. The standard InChI is InChI=1S/C25H21BN2O5/c1-33-17-3-4-21-19(10-17)18-6-7-28-11-14(23(32)20-9-16(26)2-5-22(20)31)8-15(12-29)25(28,13-30)24(18)27-21/h2-5,8-13,27,31H,6-7,26H2,1H3. The summed E-state index contributed by atoms with van der Waals surface area (Å²) in [6, 6.07) is 10.4. The number of phenolic OH excluding ortho intramolecular Hbond substituents is 1. The number of allylic oxidation sites excluding steroid dienone is 2. The van der Waals surface area contributed by atoms with Crippen LogP contribution >= 0.6 is 0 Å². The highest BCUT2D eigenvalue weighted by molar-refractivity contribution is 6.33. The van der Waals surface area contributed by atoms with Gasteiger partial charge in [0.05, 0.1) is 18.4 Å². The summed E-state index contributed by atoms with van der Waals surface area (Å²) in [4.78, 5) is 43.2. The molecule has 3 heterocycles. The van der Waals surface area contributed by atoms with Gasteiger partial charge in [0, 0.05) is 34.8 Å². The number of nitrogens with zero attached hydrogens (tertiary/aromatic N) is 1. The number of Topliss-reactive ketones (excluding diaryl/α,β-unsaturated/α-hetero) is 1. The molecule has 5 rings (SSSR count). The Balaban J connectivity index is 1.67. The third kappa shape index (κ3) is 2.94. The molecule has 0 spiro atoms. The van der Waals surface area contributed by atoms with Gasteiger partial charge < -0.3 is 19.7 Å². The molecule has 0 bridgehead atoms. The zero-order valence-corrected chi connectivity index (χ0v) is 18.2. The number of aldehydes is 2. The maximum absolute atomic E-state index is 13.2. The highest BCUT2D eigenvalue weighted by atomic mass is 16.5. The number of fused-ring (bicyclic) bond motifs is 5. The molecule has 0 saturated carbocycles. The van der Waals surface area contributed by atoms with Crippen molar-refractivity contribution < 1.29 is 24.2 Å². The summed E-state index contributed by atoms with van der Waals surface area (Å²) < 4.78 is 5.35. The number of ketones is 1. The summed E-state index contributed by atoms with van der Waals surface area (Å²) in [6.45, 7) is 0.428. The molecule has 0 saturated heterocycles. The van der Waals surface area contributed by atoms with E-state index in [4.69, 9.17) is 4.74 Å². The lowest BCUT2D eigenvalue weighted by atomic mass is 9.77. The minimum atomic E-state index is -1.36. The van der Waals surface area contributed by atoms with E-state index in [1.807, 2.05) is 26.0 Å². The summed E-state index contributed by atoms with van der Waals surface area (Å²) in [7, 11) is 3.42. The number of ether oxygens (including phenoxy) is 1. The van der Waals surface area contributed by atoms with Crippen molar-refractivity contribution in [1.82, 2.24) is 9.88 Å². The number of methoxy groups -OCH3 is 1. The molecule has 0 amide bonds. The lowest BCUT2D eigenvalue weighted by Gasteiger charge is -2.45. The zero-order chi connectivity index (χ0) is 23.3. The Morgan fingerprint density at radius 1 is 1.24 bits per heavy atom. The minimum Gasteiger partial charge on any atom is -0.507 e. The van der Waals surface area contributed by atoms with Gasteiger partial charge in [-0.3, -0.25) is 14.4 Å². The first kappa shape index (κ1) is 20.8. The molecule has 8 heteroatoms. The molecule has 2 aliphatic rings. The van der Waals surface area contributed by atoms with E-state index in [2.05, 4.69) is 4.98 Å². The smallest absolute Gasteiger partial charge is 0.198 e. The van der Waals surface area contributed by atoms with Gasteiger partial charge in [-0.25, -0.2) is 0 Å². The summed E-state index contributed by atoms with van der Waals surface area (Å²) in [5, 5.41) is 11.2. The Labute approximate surface area is 190 Å². The fourth-order valence-electron chi connectivity index (χ4n) is 4.88. The Bertz CT molecular complexity index is 1400. The van der Waals surface area contributed by atoms with Crippen molar-refractivity contribution in [2.24, 2.45) is 0 Å². The first-order valence-electron chi connectivity index (χ1n) is 10.6. The number of H-pyrrole nitrogens is 1. The molecule has 2 N–H and O–H groups in total. The fraction of sp³-hybridized carbons (Fsp3) is 0.160. The highest BCUT2D eigenvalue weighted by Gasteiger charge is 2.49. The number of hydrogen-bond acceptors (Lipinski definition) is 6. The fourth-order valence-corrected chi connectivity index (χ4v) is 4.88. The molecule has 1 unspecified atom stereocenters. The van der Waals surface area contributed by atoms with E-state index in [0.29, 0.717) is 30.7 Å². The molecule has 7 nitrogen and oxygen atoms in total. The minimum absolute atomic E-state index is 0.134. The number of phenols is 1. The number of benzene rings is 2. The Hall–Kier alpha value is -4.07. The van der Waals surface area contributed by atoms with Crippen molar-refractivity contribution >= 4 is 42.6 Å². The van der Waals surface area contributed by atoms with Crippen LogP contribution in [0.5, 0.6) is 11.5 Å². The molecule has 0 radical (unpaired) electrons. The van der Waals surface area contributed by atoms with E-state index in [0.717, 1.165) is 28.2 Å². The Morgan fingerprint density at radius 2 is 2.06 bits per heavy atom. The molecule has 1 aromatic heterocycles. The molecule has 33 heavy (non-hydrogen) atoms. The van der Waals surface area contributed by atoms with Crippen LogP contribution in [-0.4, -0.2) is 54.8 Å². The van der Waals surface area contributed by atoms with Crippen molar-refractivity contribution in [3.05, 3.63) is 76.6 Å². The third-order valence-electron chi connectivity index (χ3n) is 6.55. The second-order valence-corrected chi connectivity index (χ2v) is 8.37. The van der Waals surface area contributed by atoms with Crippen LogP contribution in [0.15, 0.2) is 59.8 Å². The lowest BCUT2D eigenvalue weighted by Crippen LogP contribution is -2.52. The Morgan fingerprint density at radius 3 is 2.79 bits per heavy atom. The predicted octanol–water partition coefficient (Wildman–Crippen LogP) is 1.30. The van der Waals surface area contributed by atoms with Crippen LogP contribution in [0.3, 0.4) is 0 Å². The van der Waals surface area contributed by atoms with E-state index in [9.17, 15) is 19.5 Å². The number of rotatable bonds is 5. The maximum atomic E-state index is 13.2. The van der Waals surface area contributed by atoms with E-state index >= 15 is 0 Å². The van der Waals surface area contributed by atoms with Crippen LogP contribution in [0.4, 0.5) is 0 Å². The maximum Gasteiger partial charge on any atom is 0.198 e. The lowest BCUT2D eigenvalue weighted by molar-refractivity contribution is -0.118. The highest BCUT2D eigenvalue weighted by Crippen LogP contribution is 2.45. The van der Waals surface area contributed by atoms with Crippen LogP contribution < -0.4 is 10.2 Å². The summed E-state index contributed by atoms with van der Waals surface area (Å²) >= 11 is 0. The molecule has 2 aliphatic heterocycles. The van der Waals surface area contributed by atoms with Gasteiger partial charge in [0.2, 0.25) is 0 Å². The average molecular weight is 440 g/mol. The van der Waals surface area contributed by atoms with Crippen molar-refractivity contribution in [2.75, 3.05) is 13.7 Å². The van der Waals surface area contributed by atoms with Gasteiger partial charge in [0.1, 0.15) is 25.6 Å². The van der Waals surface area contributed by atoms with Crippen molar-refractivity contribution in [2.45, 2.75) is 12.0 Å². The van der Waals surface area contributed by atoms with E-state index in [1.54, 1.807) is 30.3 Å². The van der Waals surface area contributed by atoms with Gasteiger partial charge in [-0.05, 0) is 42.3 Å². The third-order valence-corrected chi connectivity index (χ3v) is 6.55. The van der Waals surface area contributed by atoms with Gasteiger partial charge in [-0.1, -0.05) is 17.6 Å². The second kappa shape index (κ2) is 7.51. The molecular formula is C25H21BN2O5. The number of aromatic hydroxyl groups is 1. The van der Waals surface area contributed by atoms with Crippen LogP contribution in [0.25, 0.3) is 10.9 Å². The van der Waals surface area contributed by atoms with Crippen LogP contribution in [0.1, 0.15) is 21.6 Å². The summed E-state index contributed by atoms with van der Waals surface area (Å²) in [5.74, 6) is 0.153. The number of nitrogens with one attached hydrogen (secondary N) is 1. The van der Waals surface area contributed by atoms with E-state index in [-0.39, 0.29) is 22.5 Å². The number of carbonyl (C=O) groups excluding carboxylic acids is 3. The topological polar surface area (TPSA) is 99.7 Å². The number of hydrogen-bond donors (Lipinski definition) is 2. The average Bonchev–Trinajstić information content (AvgIpc) is 3.22. The van der Waals surface area contributed by atoms with Crippen molar-refractivity contribution in [1.29, 1.82) is 0 Å². The van der Waals surface area contributed by atoms with Gasteiger partial charge >= 0.3 is 0 Å². The molecule has 2 aromatic carbocycles. The Kier molecular flexibility index (Phi) is 4.74. The quantitative estimate of drug-likeness (QED) is 0.353. The van der Waals surface area contributed by atoms with Crippen LogP contribution in [-0.2, 0) is 21.5 Å². The van der Waals surface area contributed by atoms with Crippen LogP contribution in [0, 0.1) is 0 Å². The predicted molar refractivity (Wildman–Crippen MR) is 126 cm³/mol. The SMILES string of the molecule is Bc1ccc(O)c(C(=O)C2=CN3CCc4c([nH]c5ccc(OC)cc45)C3(C=O)C(C=O)=C2)c1. The summed E-state index contributed by atoms with van der Waals surface area (Å²) in [6.07, 6.45) is 5.04. The van der Waals surface area contributed by atoms with Gasteiger partial charge in [0.15, 0.2) is 17.6 Å². The normalized spacial score (nSPS) is 19.2. The second-order valence-electron chi connectivity index (χ2n) is 8.37. The molecular weight excluding hydrogens is 419 g/mol. The van der Waals surface area contributed by atoms with E-state index in [1.165, 1.54) is 12.1 Å². The molecule has 164 valence electrons. The molecule has 0 aliphatic carbocycles. The first-order valence-corrected chi connectivity index (χ1v) is 10.6. The van der Waals surface area contributed by atoms with Crippen molar-refractivity contribution in [3.63, 3.8) is 0 Å². The van der Waals surface area contributed by atoms with Gasteiger partial charge in [0.25, 0.3) is 0 Å². The molecule has 1 atom stereocenters. The largest absolute Gasteiger partial charge is 0.507 e. The number of aromatic amines is 1. The molecule has 0 fully saturated rings. The van der Waals surface area contributed by atoms with E-state index < -0.39 is 11.3 Å².